The highest BCUT2D eigenvalue weighted by Crippen LogP contribution is 2.45. The molecule has 4 aromatic heterocycles. The van der Waals surface area contributed by atoms with Gasteiger partial charge in [-0.05, 0) is 60.7 Å². The normalized spacial score (nSPS) is 12.4. The number of fused-ring (bicyclic) bond motifs is 13. The van der Waals surface area contributed by atoms with Crippen LogP contribution in [0.3, 0.4) is 0 Å². The first-order valence-electron chi connectivity index (χ1n) is 15.5. The van der Waals surface area contributed by atoms with Crippen LogP contribution in [0.25, 0.3) is 93.1 Å². The summed E-state index contributed by atoms with van der Waals surface area (Å²) in [7, 11) is 0. The third kappa shape index (κ3) is 2.86. The zero-order chi connectivity index (χ0) is 29.2. The maximum Gasteiger partial charge on any atom is 0.0620 e. The third-order valence-electron chi connectivity index (χ3n) is 9.95. The number of rotatable bonds is 2. The Balaban J connectivity index is 1.36. The molecule has 0 saturated heterocycles. The van der Waals surface area contributed by atoms with E-state index in [2.05, 4.69) is 165 Å². The number of nitrogens with zero attached hydrogens (tertiary/aromatic N) is 3. The molecule has 0 bridgehead atoms. The fraction of sp³-hybridized carbons (Fsp3) is 0. The zero-order valence-electron chi connectivity index (χ0n) is 24.3. The van der Waals surface area contributed by atoms with E-state index >= 15 is 0 Å². The van der Waals surface area contributed by atoms with Gasteiger partial charge in [0.1, 0.15) is 0 Å². The van der Waals surface area contributed by atoms with Crippen molar-refractivity contribution in [3.8, 4) is 11.4 Å². The minimum atomic E-state index is 1.17. The Bertz CT molecular complexity index is 2920. The first kappa shape index (κ1) is 23.4. The van der Waals surface area contributed by atoms with Crippen molar-refractivity contribution in [3.63, 3.8) is 0 Å². The van der Waals surface area contributed by atoms with Crippen molar-refractivity contribution in [2.24, 2.45) is 0 Å². The highest BCUT2D eigenvalue weighted by Gasteiger charge is 2.23. The Morgan fingerprint density at radius 1 is 0.289 bits per heavy atom. The van der Waals surface area contributed by atoms with Crippen molar-refractivity contribution < 1.29 is 0 Å². The smallest absolute Gasteiger partial charge is 0.0620 e. The van der Waals surface area contributed by atoms with E-state index in [0.717, 1.165) is 0 Å². The molecule has 0 aliphatic rings. The van der Waals surface area contributed by atoms with Crippen LogP contribution in [0.5, 0.6) is 0 Å². The van der Waals surface area contributed by atoms with Crippen molar-refractivity contribution in [1.82, 2.24) is 13.5 Å². The molecule has 0 radical (unpaired) electrons. The summed E-state index contributed by atoms with van der Waals surface area (Å²) in [4.78, 5) is 0. The Hall–Kier alpha value is -6.06. The summed E-state index contributed by atoms with van der Waals surface area (Å²) < 4.78 is 7.35. The van der Waals surface area contributed by atoms with Crippen molar-refractivity contribution in [2.75, 3.05) is 0 Å². The monoisotopic (exact) mass is 571 g/mol. The summed E-state index contributed by atoms with van der Waals surface area (Å²) in [6.07, 6.45) is 0. The lowest BCUT2D eigenvalue weighted by Gasteiger charge is -2.10. The van der Waals surface area contributed by atoms with Crippen molar-refractivity contribution >= 4 is 81.7 Å². The first-order valence-corrected chi connectivity index (χ1v) is 15.5. The molecule has 208 valence electrons. The lowest BCUT2D eigenvalue weighted by Crippen LogP contribution is -1.95. The van der Waals surface area contributed by atoms with Gasteiger partial charge < -0.3 is 13.5 Å². The quantitative estimate of drug-likeness (QED) is 0.196. The highest BCUT2D eigenvalue weighted by molar-refractivity contribution is 6.33. The molecular formula is C42H25N3. The van der Waals surface area contributed by atoms with E-state index in [1.54, 1.807) is 0 Å². The predicted octanol–water partition coefficient (Wildman–Crippen LogP) is 11.0. The van der Waals surface area contributed by atoms with E-state index in [0.29, 0.717) is 0 Å². The molecule has 0 unspecified atom stereocenters. The second-order valence-corrected chi connectivity index (χ2v) is 12.2. The fourth-order valence-electron chi connectivity index (χ4n) is 8.21. The van der Waals surface area contributed by atoms with Gasteiger partial charge in [-0.1, -0.05) is 91.0 Å². The van der Waals surface area contributed by atoms with E-state index in [-0.39, 0.29) is 0 Å². The molecule has 0 aliphatic heterocycles. The number of hydrogen-bond donors (Lipinski definition) is 0. The van der Waals surface area contributed by atoms with Gasteiger partial charge in [0.2, 0.25) is 0 Å². The van der Waals surface area contributed by atoms with Gasteiger partial charge >= 0.3 is 0 Å². The molecule has 0 N–H and O–H groups in total. The van der Waals surface area contributed by atoms with E-state index < -0.39 is 0 Å². The van der Waals surface area contributed by atoms with E-state index in [4.69, 9.17) is 0 Å². The third-order valence-corrected chi connectivity index (χ3v) is 9.95. The van der Waals surface area contributed by atoms with Crippen LogP contribution < -0.4 is 0 Å². The van der Waals surface area contributed by atoms with Crippen LogP contribution in [0.1, 0.15) is 0 Å². The van der Waals surface area contributed by atoms with Gasteiger partial charge in [0.25, 0.3) is 0 Å². The summed E-state index contributed by atoms with van der Waals surface area (Å²) in [5, 5.41) is 10.4. The summed E-state index contributed by atoms with van der Waals surface area (Å²) in [6, 6.07) is 55.6. The Labute approximate surface area is 257 Å². The van der Waals surface area contributed by atoms with Gasteiger partial charge in [-0.15, -0.1) is 0 Å². The maximum absolute atomic E-state index is 2.48. The molecule has 3 heteroatoms. The first-order chi connectivity index (χ1) is 22.4. The summed E-state index contributed by atoms with van der Waals surface area (Å²) in [5.41, 5.74) is 11.0. The second kappa shape index (κ2) is 8.31. The molecule has 3 nitrogen and oxygen atoms in total. The van der Waals surface area contributed by atoms with Crippen molar-refractivity contribution in [3.05, 3.63) is 152 Å². The maximum atomic E-state index is 2.48. The van der Waals surface area contributed by atoms with Gasteiger partial charge in [-0.25, -0.2) is 0 Å². The van der Waals surface area contributed by atoms with Gasteiger partial charge in [-0.2, -0.15) is 0 Å². The van der Waals surface area contributed by atoms with Crippen molar-refractivity contribution in [1.29, 1.82) is 0 Å². The standard InChI is InChI=1S/C42H25N3/c1-2-11-26(12-3-1)43-37-22-21-27(44-34-18-7-4-13-28(34)29-14-5-8-19-35(29)44)25-33(37)41-38(43)23-24-39-40(41)32-17-10-16-31-30-15-6-9-20-36(30)45(39)42(31)32/h1-25H. The van der Waals surface area contributed by atoms with Crippen LogP contribution >= 0.6 is 0 Å². The van der Waals surface area contributed by atoms with Gasteiger partial charge in [0.05, 0.1) is 38.6 Å². The number of aromatic nitrogens is 3. The number of benzene rings is 7. The SMILES string of the molecule is c1ccc(-n2c3ccc(-n4c5ccccc5c5ccccc54)cc3c3c4c5cccc6c7ccccc7n(c4ccc32)c65)cc1. The molecule has 0 atom stereocenters. The molecule has 7 aromatic carbocycles. The summed E-state index contributed by atoms with van der Waals surface area (Å²) in [5.74, 6) is 0. The van der Waals surface area contributed by atoms with E-state index in [1.165, 1.54) is 93.1 Å². The Morgan fingerprint density at radius 2 is 0.800 bits per heavy atom. The molecule has 11 rings (SSSR count). The number of para-hydroxylation sites is 5. The minimum absolute atomic E-state index is 1.17. The van der Waals surface area contributed by atoms with Crippen LogP contribution in [0.15, 0.2) is 152 Å². The van der Waals surface area contributed by atoms with Crippen LogP contribution in [0.2, 0.25) is 0 Å². The Morgan fingerprint density at radius 3 is 1.56 bits per heavy atom. The minimum Gasteiger partial charge on any atom is -0.309 e. The summed E-state index contributed by atoms with van der Waals surface area (Å²) in [6.45, 7) is 0. The zero-order valence-corrected chi connectivity index (χ0v) is 24.3. The predicted molar refractivity (Wildman–Crippen MR) is 190 cm³/mol. The van der Waals surface area contributed by atoms with Gasteiger partial charge in [-0.3, -0.25) is 0 Å². The van der Waals surface area contributed by atoms with Crippen LogP contribution in [0, 0.1) is 0 Å². The van der Waals surface area contributed by atoms with Crippen LogP contribution in [-0.2, 0) is 0 Å². The molecule has 11 aromatic rings. The van der Waals surface area contributed by atoms with E-state index in [1.807, 2.05) is 0 Å². The van der Waals surface area contributed by atoms with Gasteiger partial charge in [0, 0.05) is 54.5 Å². The lowest BCUT2D eigenvalue weighted by atomic mass is 10.0. The topological polar surface area (TPSA) is 14.3 Å². The van der Waals surface area contributed by atoms with Crippen LogP contribution in [0.4, 0.5) is 0 Å². The average Bonchev–Trinajstić information content (AvgIpc) is 3.82. The van der Waals surface area contributed by atoms with E-state index in [9.17, 15) is 0 Å². The van der Waals surface area contributed by atoms with Gasteiger partial charge in [0.15, 0.2) is 0 Å². The molecule has 0 spiro atoms. The molecular weight excluding hydrogens is 546 g/mol. The Kier molecular flexibility index (Phi) is 4.32. The largest absolute Gasteiger partial charge is 0.309 e. The summed E-state index contributed by atoms with van der Waals surface area (Å²) >= 11 is 0. The number of hydrogen-bond acceptors (Lipinski definition) is 0. The lowest BCUT2D eigenvalue weighted by molar-refractivity contribution is 1.17. The second-order valence-electron chi connectivity index (χ2n) is 12.2. The molecule has 0 aliphatic carbocycles. The highest BCUT2D eigenvalue weighted by atomic mass is 15.0. The molecule has 0 saturated carbocycles. The molecule has 4 heterocycles. The fourth-order valence-corrected chi connectivity index (χ4v) is 8.21. The molecule has 0 amide bonds. The van der Waals surface area contributed by atoms with Crippen LogP contribution in [-0.4, -0.2) is 13.5 Å². The average molecular weight is 572 g/mol. The molecule has 0 fully saturated rings. The van der Waals surface area contributed by atoms with Crippen molar-refractivity contribution in [2.45, 2.75) is 0 Å². The molecule has 45 heavy (non-hydrogen) atoms.